The van der Waals surface area contributed by atoms with Crippen molar-refractivity contribution in [2.24, 2.45) is 41.1 Å². The molecule has 0 aromatic carbocycles. The molecule has 5 rings (SSSR count). The predicted molar refractivity (Wildman–Crippen MR) is 253 cm³/mol. The molecular weight excluding hydrogens is 679 g/mol. The first-order valence-electron chi connectivity index (χ1n) is 23.7. The molecule has 55 heavy (non-hydrogen) atoms. The zero-order chi connectivity index (χ0) is 42.4. The van der Waals surface area contributed by atoms with E-state index in [1.807, 2.05) is 14.1 Å². The van der Waals surface area contributed by atoms with Crippen molar-refractivity contribution in [3.05, 3.63) is 0 Å². The summed E-state index contributed by atoms with van der Waals surface area (Å²) in [4.78, 5) is 0. The zero-order valence-corrected chi connectivity index (χ0v) is 40.1. The largest absolute Gasteiger partial charge is 0.330 e. The smallest absolute Gasteiger partial charge is 0.00649 e. The Morgan fingerprint density at radius 2 is 0.982 bits per heavy atom. The minimum absolute atomic E-state index is 0.662. The second kappa shape index (κ2) is 51.7. The van der Waals surface area contributed by atoms with Gasteiger partial charge in [-0.05, 0) is 206 Å². The van der Waals surface area contributed by atoms with Gasteiger partial charge in [-0.3, -0.25) is 0 Å². The van der Waals surface area contributed by atoms with Gasteiger partial charge in [0.05, 0.1) is 0 Å². The lowest BCUT2D eigenvalue weighted by Gasteiger charge is -2.21. The third-order valence-electron chi connectivity index (χ3n) is 9.91. The number of hydrogen-bond donors (Lipinski definition) is 9. The first kappa shape index (κ1) is 61.3. The summed E-state index contributed by atoms with van der Waals surface area (Å²) in [5, 5.41) is 22.9. The van der Waals surface area contributed by atoms with E-state index in [-0.39, 0.29) is 0 Å². The summed E-state index contributed by atoms with van der Waals surface area (Å²) in [7, 11) is 3.93. The van der Waals surface area contributed by atoms with Crippen molar-refractivity contribution in [3.63, 3.8) is 0 Å². The Labute approximate surface area is 348 Å². The summed E-state index contributed by atoms with van der Waals surface area (Å²) in [6, 6.07) is 1.68. The van der Waals surface area contributed by atoms with Crippen LogP contribution in [0.3, 0.4) is 0 Å². The molecule has 0 aromatic heterocycles. The average molecular weight is 788 g/mol. The normalized spacial score (nSPS) is 22.9. The van der Waals surface area contributed by atoms with Crippen molar-refractivity contribution < 1.29 is 0 Å². The molecule has 0 amide bonds. The Morgan fingerprint density at radius 1 is 0.527 bits per heavy atom. The maximum atomic E-state index is 5.17. The maximum absolute atomic E-state index is 5.17. The van der Waals surface area contributed by atoms with Crippen molar-refractivity contribution in [3.8, 4) is 0 Å². The summed E-state index contributed by atoms with van der Waals surface area (Å²) in [6.07, 6.45) is 18.9. The van der Waals surface area contributed by atoms with Crippen LogP contribution in [0.1, 0.15) is 166 Å². The van der Waals surface area contributed by atoms with Crippen LogP contribution in [0.4, 0.5) is 0 Å². The predicted octanol–water partition coefficient (Wildman–Crippen LogP) is 7.75. The first-order valence-corrected chi connectivity index (χ1v) is 23.7. The van der Waals surface area contributed by atoms with E-state index in [0.717, 1.165) is 68.4 Å². The van der Waals surface area contributed by atoms with E-state index in [0.29, 0.717) is 5.92 Å². The molecular formula is C46H109N9. The van der Waals surface area contributed by atoms with Gasteiger partial charge in [-0.1, -0.05) is 82.6 Å². The van der Waals surface area contributed by atoms with E-state index >= 15 is 0 Å². The van der Waals surface area contributed by atoms with Crippen LogP contribution in [0, 0.1) is 29.6 Å². The Hall–Kier alpha value is -0.360. The molecule has 5 saturated heterocycles. The Kier molecular flexibility index (Phi) is 57.6. The number of nitrogens with two attached hydrogens (primary N) is 2. The summed E-state index contributed by atoms with van der Waals surface area (Å²) < 4.78 is 0. The fraction of sp³-hybridized carbons (Fsp3) is 1.00. The molecule has 338 valence electrons. The van der Waals surface area contributed by atoms with Gasteiger partial charge >= 0.3 is 0 Å². The molecule has 4 atom stereocenters. The van der Waals surface area contributed by atoms with E-state index in [1.54, 1.807) is 0 Å². The van der Waals surface area contributed by atoms with Crippen LogP contribution in [0.25, 0.3) is 0 Å². The van der Waals surface area contributed by atoms with Gasteiger partial charge in [-0.25, -0.2) is 0 Å². The van der Waals surface area contributed by atoms with E-state index in [9.17, 15) is 0 Å². The molecule has 9 heteroatoms. The van der Waals surface area contributed by atoms with Crippen LogP contribution in [0.2, 0.25) is 0 Å². The van der Waals surface area contributed by atoms with Gasteiger partial charge < -0.3 is 48.7 Å². The lowest BCUT2D eigenvalue weighted by atomic mass is 10.0. The first-order chi connectivity index (χ1) is 26.4. The van der Waals surface area contributed by atoms with Gasteiger partial charge in [0, 0.05) is 12.1 Å². The highest BCUT2D eigenvalue weighted by Crippen LogP contribution is 2.10. The maximum Gasteiger partial charge on any atom is 0.00649 e. The van der Waals surface area contributed by atoms with Gasteiger partial charge in [0.1, 0.15) is 0 Å². The van der Waals surface area contributed by atoms with E-state index in [2.05, 4.69) is 113 Å². The van der Waals surface area contributed by atoms with Crippen molar-refractivity contribution in [1.29, 1.82) is 0 Å². The van der Waals surface area contributed by atoms with E-state index < -0.39 is 0 Å². The van der Waals surface area contributed by atoms with Gasteiger partial charge in [0.15, 0.2) is 0 Å². The monoisotopic (exact) mass is 788 g/mol. The van der Waals surface area contributed by atoms with Crippen LogP contribution in [-0.2, 0) is 0 Å². The van der Waals surface area contributed by atoms with Crippen molar-refractivity contribution in [2.75, 3.05) is 92.6 Å². The van der Waals surface area contributed by atoms with Gasteiger partial charge in [0.25, 0.3) is 0 Å². The number of rotatable bonds is 8. The SMILES string of the molecule is CC(C)CN.CC1CCCNC1.CC1CCNC1.CC1CCNCC1.CCC1CCCCN1.CCC1CCCN1.CCCN.CCCNC.CNCC(C)C. The van der Waals surface area contributed by atoms with Crippen molar-refractivity contribution in [2.45, 2.75) is 178 Å². The van der Waals surface area contributed by atoms with E-state index in [1.165, 1.54) is 136 Å². The fourth-order valence-corrected chi connectivity index (χ4v) is 5.83. The molecule has 5 aliphatic rings. The summed E-state index contributed by atoms with van der Waals surface area (Å²) in [5.74, 6) is 4.28. The number of nitrogens with one attached hydrogen (secondary N) is 7. The van der Waals surface area contributed by atoms with Crippen LogP contribution in [-0.4, -0.2) is 105 Å². The summed E-state index contributed by atoms with van der Waals surface area (Å²) >= 11 is 0. The highest BCUT2D eigenvalue weighted by molar-refractivity contribution is 4.71. The highest BCUT2D eigenvalue weighted by Gasteiger charge is 2.10. The van der Waals surface area contributed by atoms with Crippen LogP contribution < -0.4 is 48.7 Å². The topological polar surface area (TPSA) is 136 Å². The number of hydrogen-bond acceptors (Lipinski definition) is 9. The van der Waals surface area contributed by atoms with Crippen molar-refractivity contribution in [1.82, 2.24) is 37.2 Å². The molecule has 11 N–H and O–H groups in total. The molecule has 5 fully saturated rings. The Morgan fingerprint density at radius 3 is 1.16 bits per heavy atom. The molecule has 0 aromatic rings. The second-order valence-corrected chi connectivity index (χ2v) is 17.2. The van der Waals surface area contributed by atoms with E-state index in [4.69, 9.17) is 11.5 Å². The molecule has 0 bridgehead atoms. The molecule has 4 unspecified atom stereocenters. The summed E-state index contributed by atoms with van der Waals surface area (Å²) in [6.45, 7) is 38.0. The van der Waals surface area contributed by atoms with Crippen LogP contribution in [0.15, 0.2) is 0 Å². The molecule has 9 nitrogen and oxygen atoms in total. The molecule has 0 aliphatic carbocycles. The fourth-order valence-electron chi connectivity index (χ4n) is 5.83. The lowest BCUT2D eigenvalue weighted by molar-refractivity contribution is 0.393. The quantitative estimate of drug-likeness (QED) is 0.121. The molecule has 0 saturated carbocycles. The molecule has 0 radical (unpaired) electrons. The minimum Gasteiger partial charge on any atom is -0.330 e. The Bertz CT molecular complexity index is 603. The Balaban J connectivity index is -0.000000268. The summed E-state index contributed by atoms with van der Waals surface area (Å²) in [5.41, 5.74) is 10.2. The molecule has 0 spiro atoms. The van der Waals surface area contributed by atoms with Gasteiger partial charge in [-0.15, -0.1) is 0 Å². The van der Waals surface area contributed by atoms with Gasteiger partial charge in [0.2, 0.25) is 0 Å². The second-order valence-electron chi connectivity index (χ2n) is 17.2. The standard InChI is InChI=1S/C7H15N.3C6H13N.C5H11N.C5H13N.2C4H11N.C3H9N/c1-2-7-5-3-4-6-8-7;1-6-2-4-7-5-3-6;1-6-3-2-4-7-5-6;1-2-6-4-3-5-7-6;1-5-2-3-6-4-5;1-5(2)4-6-3;1-4(2)3-5;1-3-4-5-2;1-2-3-4/h7-8H,2-6H2,1H3;3*6-7H,2-5H2,1H3;5-6H,2-4H2,1H3;5-6H,4H2,1-3H3;4H,3,5H2,1-2H3;5H,3-4H2,1-2H3;2-4H2,1H3. The zero-order valence-electron chi connectivity index (χ0n) is 40.1. The number of piperidine rings is 3. The molecule has 5 heterocycles. The van der Waals surface area contributed by atoms with Crippen LogP contribution in [0.5, 0.6) is 0 Å². The van der Waals surface area contributed by atoms with Crippen LogP contribution >= 0.6 is 0 Å². The molecule has 5 aliphatic heterocycles. The van der Waals surface area contributed by atoms with Crippen molar-refractivity contribution >= 4 is 0 Å². The van der Waals surface area contributed by atoms with Gasteiger partial charge in [-0.2, -0.15) is 0 Å². The minimum atomic E-state index is 0.662. The average Bonchev–Trinajstić information content (AvgIpc) is 3.92. The lowest BCUT2D eigenvalue weighted by Crippen LogP contribution is -2.32. The third kappa shape index (κ3) is 58.0. The third-order valence-corrected chi connectivity index (χ3v) is 9.91. The highest BCUT2D eigenvalue weighted by atomic mass is 14.9.